The van der Waals surface area contributed by atoms with Gasteiger partial charge in [0.2, 0.25) is 21.8 Å². The van der Waals surface area contributed by atoms with Crippen molar-refractivity contribution in [3.63, 3.8) is 0 Å². The summed E-state index contributed by atoms with van der Waals surface area (Å²) >= 11 is 12.9. The minimum Gasteiger partial charge on any atom is -0.354 e. The molecule has 0 aliphatic rings. The summed E-state index contributed by atoms with van der Waals surface area (Å²) in [6.45, 7) is 1.45. The zero-order valence-electron chi connectivity index (χ0n) is 23.2. The minimum absolute atomic E-state index is 0.0669. The van der Waals surface area contributed by atoms with Crippen molar-refractivity contribution in [2.45, 2.75) is 38.8 Å². The number of carbonyl (C=O) groups is 2. The molecule has 3 aromatic carbocycles. The molecule has 42 heavy (non-hydrogen) atoms. The van der Waals surface area contributed by atoms with Crippen molar-refractivity contribution in [2.75, 3.05) is 23.7 Å². The van der Waals surface area contributed by atoms with Crippen molar-refractivity contribution >= 4 is 56.4 Å². The van der Waals surface area contributed by atoms with E-state index in [4.69, 9.17) is 23.2 Å². The Kier molecular flexibility index (Phi) is 11.7. The second kappa shape index (κ2) is 15.0. The van der Waals surface area contributed by atoms with Crippen LogP contribution in [-0.2, 0) is 32.6 Å². The smallest absolute Gasteiger partial charge is 0.271 e. The normalized spacial score (nSPS) is 11.9. The molecule has 0 spiro atoms. The van der Waals surface area contributed by atoms with Crippen LogP contribution in [0.4, 0.5) is 11.4 Å². The molecule has 13 heteroatoms. The SMILES string of the molecule is CCCCNC(=O)C(Cc1ccccc1)N(Cc1c(Cl)cccc1Cl)C(=O)CN(c1cccc([N+](=O)[O-])c1)S(C)(=O)=O. The number of non-ortho nitro benzene ring substituents is 1. The highest BCUT2D eigenvalue weighted by Crippen LogP contribution is 2.28. The highest BCUT2D eigenvalue weighted by atomic mass is 35.5. The van der Waals surface area contributed by atoms with Crippen LogP contribution in [0.5, 0.6) is 0 Å². The van der Waals surface area contributed by atoms with Gasteiger partial charge in [-0.25, -0.2) is 8.42 Å². The van der Waals surface area contributed by atoms with Crippen molar-refractivity contribution < 1.29 is 22.9 Å². The van der Waals surface area contributed by atoms with Crippen molar-refractivity contribution in [1.82, 2.24) is 10.2 Å². The molecule has 10 nitrogen and oxygen atoms in total. The van der Waals surface area contributed by atoms with Gasteiger partial charge in [0, 0.05) is 47.3 Å². The first-order valence-electron chi connectivity index (χ1n) is 13.2. The molecule has 0 aromatic heterocycles. The van der Waals surface area contributed by atoms with Gasteiger partial charge in [0.25, 0.3) is 5.69 Å². The number of unbranched alkanes of at least 4 members (excludes halogenated alkanes) is 1. The summed E-state index contributed by atoms with van der Waals surface area (Å²) in [7, 11) is -4.09. The van der Waals surface area contributed by atoms with Crippen LogP contribution in [0.1, 0.15) is 30.9 Å². The van der Waals surface area contributed by atoms with Crippen LogP contribution in [0.2, 0.25) is 10.0 Å². The first-order valence-corrected chi connectivity index (χ1v) is 15.8. The summed E-state index contributed by atoms with van der Waals surface area (Å²) in [4.78, 5) is 39.7. The van der Waals surface area contributed by atoms with Gasteiger partial charge in [0.05, 0.1) is 16.9 Å². The predicted octanol–water partition coefficient (Wildman–Crippen LogP) is 5.22. The molecule has 0 heterocycles. The highest BCUT2D eigenvalue weighted by molar-refractivity contribution is 7.92. The third-order valence-corrected chi connectivity index (χ3v) is 8.35. The van der Waals surface area contributed by atoms with E-state index in [0.29, 0.717) is 12.1 Å². The lowest BCUT2D eigenvalue weighted by Crippen LogP contribution is -2.53. The van der Waals surface area contributed by atoms with Gasteiger partial charge in [-0.2, -0.15) is 0 Å². The Bertz CT molecular complexity index is 1500. The van der Waals surface area contributed by atoms with Gasteiger partial charge < -0.3 is 10.2 Å². The molecule has 1 atom stereocenters. The second-order valence-electron chi connectivity index (χ2n) is 9.62. The Balaban J connectivity index is 2.10. The van der Waals surface area contributed by atoms with Gasteiger partial charge in [-0.15, -0.1) is 0 Å². The fraction of sp³-hybridized carbons (Fsp3) is 0.310. The molecule has 0 saturated heterocycles. The predicted molar refractivity (Wildman–Crippen MR) is 164 cm³/mol. The Morgan fingerprint density at radius 3 is 2.24 bits per heavy atom. The molecule has 1 N–H and O–H groups in total. The lowest BCUT2D eigenvalue weighted by molar-refractivity contribution is -0.384. The summed E-state index contributed by atoms with van der Waals surface area (Å²) in [6.07, 6.45) is 2.59. The van der Waals surface area contributed by atoms with Crippen molar-refractivity contribution in [3.05, 3.63) is 104 Å². The van der Waals surface area contributed by atoms with E-state index in [2.05, 4.69) is 5.32 Å². The number of amides is 2. The first-order chi connectivity index (χ1) is 19.9. The number of carbonyl (C=O) groups excluding carboxylic acids is 2. The number of nitro benzene ring substituents is 1. The van der Waals surface area contributed by atoms with Crippen LogP contribution >= 0.6 is 23.2 Å². The molecule has 3 rings (SSSR count). The Labute approximate surface area is 255 Å². The van der Waals surface area contributed by atoms with Gasteiger partial charge in [0.1, 0.15) is 12.6 Å². The lowest BCUT2D eigenvalue weighted by atomic mass is 10.0. The lowest BCUT2D eigenvalue weighted by Gasteiger charge is -2.34. The monoisotopic (exact) mass is 634 g/mol. The van der Waals surface area contributed by atoms with E-state index in [-0.39, 0.29) is 34.4 Å². The average Bonchev–Trinajstić information content (AvgIpc) is 2.95. The Morgan fingerprint density at radius 1 is 1.00 bits per heavy atom. The molecule has 224 valence electrons. The Hall–Kier alpha value is -3.67. The highest BCUT2D eigenvalue weighted by Gasteiger charge is 2.34. The van der Waals surface area contributed by atoms with Gasteiger partial charge in [0.15, 0.2) is 0 Å². The average molecular weight is 636 g/mol. The quantitative estimate of drug-likeness (QED) is 0.147. The molecular formula is C29H32Cl2N4O6S. The van der Waals surface area contributed by atoms with Crippen LogP contribution in [0.15, 0.2) is 72.8 Å². The van der Waals surface area contributed by atoms with E-state index < -0.39 is 39.3 Å². The number of sulfonamides is 1. The fourth-order valence-electron chi connectivity index (χ4n) is 4.29. The van der Waals surface area contributed by atoms with E-state index in [1.54, 1.807) is 18.2 Å². The van der Waals surface area contributed by atoms with E-state index in [1.165, 1.54) is 23.1 Å². The number of anilines is 1. The number of nitrogens with zero attached hydrogens (tertiary/aromatic N) is 3. The molecule has 0 aliphatic carbocycles. The second-order valence-corrected chi connectivity index (χ2v) is 12.3. The zero-order valence-corrected chi connectivity index (χ0v) is 25.5. The van der Waals surface area contributed by atoms with Gasteiger partial charge in [-0.05, 0) is 30.2 Å². The summed E-state index contributed by atoms with van der Waals surface area (Å²) in [5.74, 6) is -1.15. The molecule has 0 aliphatic heterocycles. The minimum atomic E-state index is -4.09. The zero-order chi connectivity index (χ0) is 30.9. The summed E-state index contributed by atoms with van der Waals surface area (Å²) in [5.41, 5.74) is 0.748. The topological polar surface area (TPSA) is 130 Å². The maximum atomic E-state index is 14.1. The van der Waals surface area contributed by atoms with Gasteiger partial charge in [-0.3, -0.25) is 24.0 Å². The standard InChI is InChI=1S/C29H32Cl2N4O6S/c1-3-4-16-32-29(37)27(17-21-10-6-5-7-11-21)33(19-24-25(30)14-9-15-26(24)31)28(36)20-34(42(2,40)41)22-12-8-13-23(18-22)35(38)39/h5-15,18,27H,3-4,16-17,19-20H2,1-2H3,(H,32,37). The summed E-state index contributed by atoms with van der Waals surface area (Å²) in [5, 5.41) is 14.8. The molecule has 0 radical (unpaired) electrons. The summed E-state index contributed by atoms with van der Waals surface area (Å²) in [6, 6.07) is 17.9. The number of benzene rings is 3. The number of nitrogens with one attached hydrogen (secondary N) is 1. The number of halogens is 2. The summed E-state index contributed by atoms with van der Waals surface area (Å²) < 4.78 is 26.5. The molecule has 3 aromatic rings. The van der Waals surface area contributed by atoms with Crippen LogP contribution in [0.3, 0.4) is 0 Å². The van der Waals surface area contributed by atoms with E-state index in [9.17, 15) is 28.1 Å². The molecule has 1 unspecified atom stereocenters. The van der Waals surface area contributed by atoms with Crippen LogP contribution in [-0.4, -0.2) is 55.4 Å². The van der Waals surface area contributed by atoms with E-state index in [0.717, 1.165) is 35.0 Å². The number of hydrogen-bond donors (Lipinski definition) is 1. The fourth-order valence-corrected chi connectivity index (χ4v) is 5.65. The van der Waals surface area contributed by atoms with Crippen LogP contribution in [0, 0.1) is 10.1 Å². The Morgan fingerprint density at radius 2 is 1.64 bits per heavy atom. The maximum absolute atomic E-state index is 14.1. The van der Waals surface area contributed by atoms with Gasteiger partial charge >= 0.3 is 0 Å². The first kappa shape index (κ1) is 32.8. The van der Waals surface area contributed by atoms with Crippen LogP contribution in [0.25, 0.3) is 0 Å². The molecule has 0 saturated carbocycles. The number of hydrogen-bond acceptors (Lipinski definition) is 6. The number of nitro groups is 1. The molecule has 0 bridgehead atoms. The van der Waals surface area contributed by atoms with Crippen molar-refractivity contribution in [3.8, 4) is 0 Å². The van der Waals surface area contributed by atoms with Crippen LogP contribution < -0.4 is 9.62 Å². The third kappa shape index (κ3) is 8.91. The van der Waals surface area contributed by atoms with Crippen molar-refractivity contribution in [2.24, 2.45) is 0 Å². The van der Waals surface area contributed by atoms with E-state index >= 15 is 0 Å². The third-order valence-electron chi connectivity index (χ3n) is 6.50. The molecular weight excluding hydrogens is 603 g/mol. The molecule has 2 amide bonds. The maximum Gasteiger partial charge on any atom is 0.271 e. The van der Waals surface area contributed by atoms with E-state index in [1.807, 2.05) is 37.3 Å². The number of rotatable bonds is 14. The van der Waals surface area contributed by atoms with Crippen molar-refractivity contribution in [1.29, 1.82) is 0 Å². The van der Waals surface area contributed by atoms with Gasteiger partial charge in [-0.1, -0.05) is 79.0 Å². The molecule has 0 fully saturated rings. The largest absolute Gasteiger partial charge is 0.354 e.